The summed E-state index contributed by atoms with van der Waals surface area (Å²) in [5, 5.41) is 0. The van der Waals surface area contributed by atoms with Crippen molar-refractivity contribution in [1.82, 2.24) is 0 Å². The molecule has 0 fully saturated rings. The van der Waals surface area contributed by atoms with E-state index in [0.717, 1.165) is 0 Å². The normalized spacial score (nSPS) is 19.6. The molecule has 1 aliphatic heterocycles. The summed E-state index contributed by atoms with van der Waals surface area (Å²) in [5.74, 6) is 0. The summed E-state index contributed by atoms with van der Waals surface area (Å²) < 4.78 is 4.69. The predicted molar refractivity (Wildman–Crippen MR) is 28.5 cm³/mol. The van der Waals surface area contributed by atoms with Gasteiger partial charge in [0.1, 0.15) is 0 Å². The van der Waals surface area contributed by atoms with E-state index < -0.39 is 0 Å². The summed E-state index contributed by atoms with van der Waals surface area (Å²) >= 11 is 5.37. The maximum absolute atomic E-state index is 5.37. The first-order valence-electron chi connectivity index (χ1n) is 1.92. The highest BCUT2D eigenvalue weighted by molar-refractivity contribution is 6.27. The molecule has 0 aromatic heterocycles. The summed E-state index contributed by atoms with van der Waals surface area (Å²) in [4.78, 5) is 0. The zero-order valence-corrected chi connectivity index (χ0v) is 4.35. The molecule has 2 heteroatoms. The first kappa shape index (κ1) is 4.72. The van der Waals surface area contributed by atoms with Crippen LogP contribution in [0.15, 0.2) is 24.5 Å². The third-order valence-electron chi connectivity index (χ3n) is 0.598. The Morgan fingerprint density at radius 3 is 2.57 bits per heavy atom. The molecule has 1 radical (unpaired) electrons. The average Bonchev–Trinajstić information content (AvgIpc) is 1.69. The van der Waals surface area contributed by atoms with E-state index in [9.17, 15) is 0 Å². The van der Waals surface area contributed by atoms with E-state index in [0.29, 0.717) is 5.56 Å². The summed E-state index contributed by atoms with van der Waals surface area (Å²) in [6.07, 6.45) is 6.79. The second-order valence-corrected chi connectivity index (χ2v) is 1.48. The van der Waals surface area contributed by atoms with E-state index in [-0.39, 0.29) is 0 Å². The van der Waals surface area contributed by atoms with Crippen molar-refractivity contribution in [3.8, 4) is 0 Å². The lowest BCUT2D eigenvalue weighted by molar-refractivity contribution is 0.331. The zero-order valence-electron chi connectivity index (χ0n) is 3.60. The van der Waals surface area contributed by atoms with Gasteiger partial charge in [-0.15, -0.1) is 0 Å². The second-order valence-electron chi connectivity index (χ2n) is 1.11. The molecule has 1 nitrogen and oxygen atoms in total. The lowest BCUT2D eigenvalue weighted by atomic mass is 10.4. The summed E-state index contributed by atoms with van der Waals surface area (Å²) in [5.41, 5.74) is 0.419. The van der Waals surface area contributed by atoms with Gasteiger partial charge in [0.25, 0.3) is 5.56 Å². The van der Waals surface area contributed by atoms with Crippen molar-refractivity contribution < 1.29 is 4.74 Å². The molecule has 0 spiro atoms. The molecule has 1 rings (SSSR count). The Morgan fingerprint density at radius 2 is 2.29 bits per heavy atom. The Kier molecular flexibility index (Phi) is 1.37. The molecule has 0 aliphatic carbocycles. The lowest BCUT2D eigenvalue weighted by Crippen LogP contribution is -1.86. The average molecular weight is 116 g/mol. The van der Waals surface area contributed by atoms with Gasteiger partial charge in [0.15, 0.2) is 0 Å². The number of hydrogen-bond donors (Lipinski definition) is 0. The van der Waals surface area contributed by atoms with E-state index in [1.165, 1.54) is 6.26 Å². The Labute approximate surface area is 47.2 Å². The van der Waals surface area contributed by atoms with Crippen LogP contribution in [0, 0.1) is 5.56 Å². The molecule has 37 valence electrons. The Bertz CT molecular complexity index is 107. The molecule has 0 unspecified atom stereocenters. The molecular formula is C5H4ClO. The van der Waals surface area contributed by atoms with E-state index in [1.54, 1.807) is 12.2 Å². The maximum Gasteiger partial charge on any atom is 0.258 e. The van der Waals surface area contributed by atoms with Gasteiger partial charge in [-0.2, -0.15) is 0 Å². The Morgan fingerprint density at radius 1 is 1.43 bits per heavy atom. The minimum absolute atomic E-state index is 0.419. The van der Waals surface area contributed by atoms with Crippen LogP contribution in [-0.2, 0) is 4.74 Å². The van der Waals surface area contributed by atoms with E-state index in [2.05, 4.69) is 0 Å². The molecule has 1 heterocycles. The monoisotopic (exact) mass is 115 g/mol. The lowest BCUT2D eigenvalue weighted by Gasteiger charge is -2.02. The summed E-state index contributed by atoms with van der Waals surface area (Å²) in [7, 11) is 0. The Hall–Kier alpha value is -0.430. The van der Waals surface area contributed by atoms with Gasteiger partial charge in [0, 0.05) is 0 Å². The van der Waals surface area contributed by atoms with Crippen molar-refractivity contribution in [3.05, 3.63) is 30.1 Å². The predicted octanol–water partition coefficient (Wildman–Crippen LogP) is 1.81. The van der Waals surface area contributed by atoms with Crippen molar-refractivity contribution in [3.63, 3.8) is 0 Å². The van der Waals surface area contributed by atoms with E-state index >= 15 is 0 Å². The van der Waals surface area contributed by atoms with E-state index in [4.69, 9.17) is 16.3 Å². The van der Waals surface area contributed by atoms with Crippen LogP contribution in [0.5, 0.6) is 0 Å². The number of halogens is 1. The highest BCUT2D eigenvalue weighted by atomic mass is 35.5. The van der Waals surface area contributed by atoms with Gasteiger partial charge in [-0.1, -0.05) is 17.7 Å². The van der Waals surface area contributed by atoms with E-state index in [1.807, 2.05) is 6.08 Å². The van der Waals surface area contributed by atoms with Crippen LogP contribution in [0.3, 0.4) is 0 Å². The highest BCUT2D eigenvalue weighted by Crippen LogP contribution is 2.13. The van der Waals surface area contributed by atoms with Crippen LogP contribution in [0.4, 0.5) is 0 Å². The van der Waals surface area contributed by atoms with Gasteiger partial charge in [-0.3, -0.25) is 0 Å². The van der Waals surface area contributed by atoms with Crippen molar-refractivity contribution in [2.45, 2.75) is 0 Å². The minimum atomic E-state index is 0.419. The summed E-state index contributed by atoms with van der Waals surface area (Å²) in [6, 6.07) is 0. The van der Waals surface area contributed by atoms with Crippen molar-refractivity contribution >= 4 is 11.6 Å². The van der Waals surface area contributed by atoms with Gasteiger partial charge in [0.05, 0.1) is 6.26 Å². The van der Waals surface area contributed by atoms with Crippen LogP contribution in [0.2, 0.25) is 0 Å². The van der Waals surface area contributed by atoms with Gasteiger partial charge < -0.3 is 4.74 Å². The number of rotatable bonds is 0. The summed E-state index contributed by atoms with van der Waals surface area (Å²) in [6.45, 7) is 0. The number of allylic oxidation sites excluding steroid dienone is 2. The van der Waals surface area contributed by atoms with Gasteiger partial charge in [-0.05, 0) is 12.2 Å². The van der Waals surface area contributed by atoms with Gasteiger partial charge in [-0.25, -0.2) is 0 Å². The fraction of sp³-hybridized carbons (Fsp3) is 0. The van der Waals surface area contributed by atoms with Crippen LogP contribution in [-0.4, -0.2) is 0 Å². The minimum Gasteiger partial charge on any atom is -0.470 e. The highest BCUT2D eigenvalue weighted by Gasteiger charge is 1.98. The molecule has 0 N–H and O–H groups in total. The molecule has 0 aromatic rings. The van der Waals surface area contributed by atoms with Crippen molar-refractivity contribution in [2.24, 2.45) is 0 Å². The van der Waals surface area contributed by atoms with Crippen LogP contribution in [0.25, 0.3) is 0 Å². The molecular weight excluding hydrogens is 112 g/mol. The van der Waals surface area contributed by atoms with Gasteiger partial charge in [0.2, 0.25) is 0 Å². The molecule has 0 saturated heterocycles. The first-order valence-corrected chi connectivity index (χ1v) is 2.30. The molecule has 1 aliphatic rings. The second kappa shape index (κ2) is 2.03. The maximum atomic E-state index is 5.37. The number of ether oxygens (including phenoxy) is 1. The molecule has 0 bridgehead atoms. The van der Waals surface area contributed by atoms with Crippen LogP contribution in [0.1, 0.15) is 0 Å². The third kappa shape index (κ3) is 1.24. The topological polar surface area (TPSA) is 9.23 Å². The molecule has 0 amide bonds. The molecule has 0 saturated carbocycles. The van der Waals surface area contributed by atoms with Crippen molar-refractivity contribution in [1.29, 1.82) is 0 Å². The Balaban J connectivity index is 2.49. The number of hydrogen-bond acceptors (Lipinski definition) is 1. The largest absolute Gasteiger partial charge is 0.470 e. The smallest absolute Gasteiger partial charge is 0.258 e. The molecule has 0 atom stereocenters. The quantitative estimate of drug-likeness (QED) is 0.468. The zero-order chi connectivity index (χ0) is 5.11. The standard InChI is InChI=1S/C5H4ClO/c6-5-3-1-2-4-7-5/h1-4H. The van der Waals surface area contributed by atoms with Gasteiger partial charge >= 0.3 is 0 Å². The van der Waals surface area contributed by atoms with Crippen molar-refractivity contribution in [2.75, 3.05) is 0 Å². The SMILES string of the molecule is Cl[C]1C=CC=CO1. The fourth-order valence-corrected chi connectivity index (χ4v) is 0.444. The fourth-order valence-electron chi connectivity index (χ4n) is 0.320. The van der Waals surface area contributed by atoms with Crippen LogP contribution >= 0.6 is 11.6 Å². The third-order valence-corrected chi connectivity index (χ3v) is 0.813. The first-order chi connectivity index (χ1) is 3.39. The van der Waals surface area contributed by atoms with Crippen LogP contribution < -0.4 is 0 Å². The molecule has 0 aromatic carbocycles. The molecule has 7 heavy (non-hydrogen) atoms.